The zero-order valence-electron chi connectivity index (χ0n) is 12.7. The first-order valence-corrected chi connectivity index (χ1v) is 8.57. The number of hydrogen-bond acceptors (Lipinski definition) is 4. The number of ketones is 1. The molecule has 0 bridgehead atoms. The van der Waals surface area contributed by atoms with Crippen LogP contribution in [-0.2, 0) is 14.8 Å². The van der Waals surface area contributed by atoms with Gasteiger partial charge in [0.15, 0.2) is 5.78 Å². The number of benzene rings is 1. The number of carbonyl (C=O) groups excluding carboxylic acids is 1. The van der Waals surface area contributed by atoms with Crippen molar-refractivity contribution in [2.45, 2.75) is 24.7 Å². The van der Waals surface area contributed by atoms with Crippen LogP contribution in [-0.4, -0.2) is 43.4 Å². The molecule has 0 aliphatic carbocycles. The van der Waals surface area contributed by atoms with E-state index in [0.717, 1.165) is 10.5 Å². The average Bonchev–Trinajstić information content (AvgIpc) is 2.68. The van der Waals surface area contributed by atoms with Crippen LogP contribution in [0.1, 0.15) is 18.4 Å². The minimum Gasteiger partial charge on any atom is -0.465 e. The summed E-state index contributed by atoms with van der Waals surface area (Å²) in [5, 5.41) is 8.95. The Morgan fingerprint density at radius 3 is 2.43 bits per heavy atom. The van der Waals surface area contributed by atoms with Crippen LogP contribution in [0, 0.1) is 6.92 Å². The molecule has 2 N–H and O–H groups in total. The Labute approximate surface area is 134 Å². The fourth-order valence-corrected chi connectivity index (χ4v) is 3.11. The van der Waals surface area contributed by atoms with Gasteiger partial charge in [-0.2, -0.15) is 0 Å². The lowest BCUT2D eigenvalue weighted by Crippen LogP contribution is -2.30. The standard InChI is InChI=1S/C15H18N2O5S/c1-11-2-4-13(5-3-11)23(21,22)16-10-12-6-8-17(15(19)20)9-7-14(12)18/h2-5,10,16H,6-9H2,1H3,(H,19,20)/b12-10+. The number of hydrogen-bond donors (Lipinski definition) is 2. The van der Waals surface area contributed by atoms with Crippen molar-refractivity contribution in [3.05, 3.63) is 41.6 Å². The first kappa shape index (κ1) is 17.0. The van der Waals surface area contributed by atoms with Gasteiger partial charge >= 0.3 is 6.09 Å². The maximum atomic E-state index is 12.2. The number of nitrogens with zero attached hydrogens (tertiary/aromatic N) is 1. The molecule has 8 heteroatoms. The summed E-state index contributed by atoms with van der Waals surface area (Å²) < 4.78 is 26.6. The van der Waals surface area contributed by atoms with Crippen molar-refractivity contribution in [1.29, 1.82) is 0 Å². The molecule has 0 aromatic heterocycles. The molecule has 23 heavy (non-hydrogen) atoms. The minimum atomic E-state index is -3.75. The summed E-state index contributed by atoms with van der Waals surface area (Å²) in [5.74, 6) is -0.250. The summed E-state index contributed by atoms with van der Waals surface area (Å²) in [6.07, 6.45) is 0.314. The lowest BCUT2D eigenvalue weighted by Gasteiger charge is -2.14. The lowest BCUT2D eigenvalue weighted by atomic mass is 10.1. The topological polar surface area (TPSA) is 104 Å². The average molecular weight is 338 g/mol. The van der Waals surface area contributed by atoms with Crippen LogP contribution in [0.3, 0.4) is 0 Å². The fraction of sp³-hybridized carbons (Fsp3) is 0.333. The summed E-state index contributed by atoms with van der Waals surface area (Å²) >= 11 is 0. The number of nitrogens with one attached hydrogen (secondary N) is 1. The summed E-state index contributed by atoms with van der Waals surface area (Å²) in [7, 11) is -3.75. The molecule has 1 aromatic rings. The number of carboxylic acid groups (broad SMARTS) is 1. The van der Waals surface area contributed by atoms with Gasteiger partial charge in [0.2, 0.25) is 0 Å². The van der Waals surface area contributed by atoms with Gasteiger partial charge in [0, 0.05) is 31.3 Å². The van der Waals surface area contributed by atoms with Crippen LogP contribution < -0.4 is 4.72 Å². The van der Waals surface area contributed by atoms with Crippen LogP contribution in [0.25, 0.3) is 0 Å². The zero-order chi connectivity index (χ0) is 17.0. The molecule has 0 unspecified atom stereocenters. The quantitative estimate of drug-likeness (QED) is 0.813. The van der Waals surface area contributed by atoms with Gasteiger partial charge in [-0.25, -0.2) is 13.2 Å². The van der Waals surface area contributed by atoms with E-state index in [1.807, 2.05) is 6.92 Å². The number of amides is 1. The normalized spacial score (nSPS) is 17.9. The van der Waals surface area contributed by atoms with Crippen molar-refractivity contribution < 1.29 is 23.1 Å². The van der Waals surface area contributed by atoms with Gasteiger partial charge in [0.05, 0.1) is 4.90 Å². The Bertz CT molecular complexity index is 738. The molecule has 1 fully saturated rings. The van der Waals surface area contributed by atoms with E-state index in [0.29, 0.717) is 0 Å². The van der Waals surface area contributed by atoms with Crippen LogP contribution in [0.5, 0.6) is 0 Å². The molecule has 1 amide bonds. The Morgan fingerprint density at radius 1 is 1.22 bits per heavy atom. The van der Waals surface area contributed by atoms with E-state index in [-0.39, 0.29) is 42.2 Å². The van der Waals surface area contributed by atoms with Gasteiger partial charge in [-0.1, -0.05) is 17.7 Å². The predicted octanol–water partition coefficient (Wildman–Crippen LogP) is 1.50. The molecule has 0 saturated carbocycles. The van der Waals surface area contributed by atoms with Crippen molar-refractivity contribution in [1.82, 2.24) is 9.62 Å². The monoisotopic (exact) mass is 338 g/mol. The number of Topliss-reactive ketones (excluding diaryl/α,β-unsaturated/α-hetero) is 1. The maximum absolute atomic E-state index is 12.2. The molecule has 0 spiro atoms. The van der Waals surface area contributed by atoms with Gasteiger partial charge in [-0.05, 0) is 25.5 Å². The molecule has 1 aliphatic heterocycles. The summed E-state index contributed by atoms with van der Waals surface area (Å²) in [4.78, 5) is 24.1. The lowest BCUT2D eigenvalue weighted by molar-refractivity contribution is -0.115. The van der Waals surface area contributed by atoms with Crippen LogP contribution >= 0.6 is 0 Å². The summed E-state index contributed by atoms with van der Waals surface area (Å²) in [6.45, 7) is 2.14. The third kappa shape index (κ3) is 4.32. The Kier molecular flexibility index (Phi) is 5.05. The van der Waals surface area contributed by atoms with Crippen molar-refractivity contribution in [3.63, 3.8) is 0 Å². The highest BCUT2D eigenvalue weighted by Crippen LogP contribution is 2.15. The highest BCUT2D eigenvalue weighted by molar-refractivity contribution is 7.89. The molecule has 1 saturated heterocycles. The van der Waals surface area contributed by atoms with E-state index in [2.05, 4.69) is 4.72 Å². The van der Waals surface area contributed by atoms with Crippen LogP contribution in [0.4, 0.5) is 4.79 Å². The largest absolute Gasteiger partial charge is 0.465 e. The molecule has 1 aliphatic rings. The van der Waals surface area contributed by atoms with E-state index in [1.54, 1.807) is 12.1 Å². The summed E-state index contributed by atoms with van der Waals surface area (Å²) in [6, 6.07) is 6.33. The van der Waals surface area contributed by atoms with Crippen molar-refractivity contribution in [2.24, 2.45) is 0 Å². The van der Waals surface area contributed by atoms with Crippen molar-refractivity contribution >= 4 is 21.9 Å². The molecule has 7 nitrogen and oxygen atoms in total. The van der Waals surface area contributed by atoms with Gasteiger partial charge < -0.3 is 10.0 Å². The second-order valence-electron chi connectivity index (χ2n) is 5.30. The highest BCUT2D eigenvalue weighted by Gasteiger charge is 2.22. The molecule has 0 atom stereocenters. The number of rotatable bonds is 3. The highest BCUT2D eigenvalue weighted by atomic mass is 32.2. The molecular weight excluding hydrogens is 320 g/mol. The van der Waals surface area contributed by atoms with E-state index < -0.39 is 16.1 Å². The number of aryl methyl sites for hydroxylation is 1. The maximum Gasteiger partial charge on any atom is 0.407 e. The third-order valence-electron chi connectivity index (χ3n) is 3.61. The van der Waals surface area contributed by atoms with E-state index in [1.165, 1.54) is 18.3 Å². The zero-order valence-corrected chi connectivity index (χ0v) is 13.5. The molecule has 124 valence electrons. The van der Waals surface area contributed by atoms with Crippen LogP contribution in [0.2, 0.25) is 0 Å². The number of carbonyl (C=O) groups is 2. The molecule has 2 rings (SSSR count). The van der Waals surface area contributed by atoms with Gasteiger partial charge in [0.1, 0.15) is 0 Å². The van der Waals surface area contributed by atoms with Crippen molar-refractivity contribution in [2.75, 3.05) is 13.1 Å². The smallest absolute Gasteiger partial charge is 0.407 e. The summed E-state index contributed by atoms with van der Waals surface area (Å²) in [5.41, 5.74) is 1.22. The number of sulfonamides is 1. The first-order chi connectivity index (χ1) is 10.8. The van der Waals surface area contributed by atoms with E-state index in [4.69, 9.17) is 5.11 Å². The molecule has 1 aromatic carbocycles. The minimum absolute atomic E-state index is 0.0460. The Hall–Kier alpha value is -2.35. The van der Waals surface area contributed by atoms with Gasteiger partial charge in [-0.3, -0.25) is 9.52 Å². The van der Waals surface area contributed by atoms with Crippen LogP contribution in [0.15, 0.2) is 40.9 Å². The molecular formula is C15H18N2O5S. The number of likely N-dealkylation sites (tertiary alicyclic amines) is 1. The van der Waals surface area contributed by atoms with E-state index >= 15 is 0 Å². The third-order valence-corrected chi connectivity index (χ3v) is 4.93. The molecule has 0 radical (unpaired) electrons. The first-order valence-electron chi connectivity index (χ1n) is 7.09. The second-order valence-corrected chi connectivity index (χ2v) is 7.01. The predicted molar refractivity (Wildman–Crippen MR) is 83.4 cm³/mol. The Balaban J connectivity index is 2.13. The van der Waals surface area contributed by atoms with Gasteiger partial charge in [0.25, 0.3) is 10.0 Å². The van der Waals surface area contributed by atoms with Crippen molar-refractivity contribution in [3.8, 4) is 0 Å². The second kappa shape index (κ2) is 6.82. The SMILES string of the molecule is Cc1ccc(S(=O)(=O)N/C=C2\CCN(C(=O)O)CCC2=O)cc1. The van der Waals surface area contributed by atoms with Gasteiger partial charge in [-0.15, -0.1) is 0 Å². The Morgan fingerprint density at radius 2 is 1.83 bits per heavy atom. The fourth-order valence-electron chi connectivity index (χ4n) is 2.18. The molecule has 1 heterocycles. The van der Waals surface area contributed by atoms with E-state index in [9.17, 15) is 18.0 Å².